The van der Waals surface area contributed by atoms with Crippen molar-refractivity contribution in [3.8, 4) is 17.2 Å². The number of ether oxygens (including phenoxy) is 3. The van der Waals surface area contributed by atoms with E-state index in [1.165, 1.54) is 13.5 Å². The number of hydrogen-bond donors (Lipinski definition) is 2. The highest BCUT2D eigenvalue weighted by Crippen LogP contribution is 2.30. The Kier molecular flexibility index (Phi) is 9.93. The molecule has 2 amide bonds. The van der Waals surface area contributed by atoms with Crippen molar-refractivity contribution >= 4 is 29.1 Å². The van der Waals surface area contributed by atoms with Gasteiger partial charge in [0, 0.05) is 18.2 Å². The van der Waals surface area contributed by atoms with Crippen LogP contribution in [0, 0.1) is 0 Å². The minimum atomic E-state index is -0.563. The number of thiocarbonyl (C=S) groups is 1. The van der Waals surface area contributed by atoms with Crippen molar-refractivity contribution in [3.05, 3.63) is 53.6 Å². The monoisotopic (exact) mass is 513 g/mol. The van der Waals surface area contributed by atoms with E-state index in [1.807, 2.05) is 32.0 Å². The lowest BCUT2D eigenvalue weighted by Crippen LogP contribution is -2.48. The van der Waals surface area contributed by atoms with Crippen LogP contribution < -0.4 is 25.3 Å². The summed E-state index contributed by atoms with van der Waals surface area (Å²) in [5.74, 6) is 0.728. The van der Waals surface area contributed by atoms with Crippen LogP contribution in [-0.4, -0.2) is 47.7 Å². The number of carbonyl (C=O) groups is 2. The van der Waals surface area contributed by atoms with Crippen LogP contribution in [0.5, 0.6) is 17.2 Å². The molecule has 0 heterocycles. The van der Waals surface area contributed by atoms with E-state index in [-0.39, 0.29) is 24.7 Å². The Morgan fingerprint density at radius 3 is 2.53 bits per heavy atom. The second-order valence-corrected chi connectivity index (χ2v) is 9.50. The molecule has 8 nitrogen and oxygen atoms in total. The van der Waals surface area contributed by atoms with Crippen LogP contribution >= 0.6 is 12.2 Å². The van der Waals surface area contributed by atoms with Crippen LogP contribution in [0.15, 0.2) is 42.5 Å². The second kappa shape index (κ2) is 13.1. The van der Waals surface area contributed by atoms with Gasteiger partial charge in [-0.05, 0) is 74.8 Å². The molecule has 0 atom stereocenters. The quantitative estimate of drug-likeness (QED) is 0.459. The van der Waals surface area contributed by atoms with Crippen LogP contribution in [0.25, 0.3) is 0 Å². The summed E-state index contributed by atoms with van der Waals surface area (Å²) >= 11 is 5.75. The Morgan fingerprint density at radius 1 is 1.11 bits per heavy atom. The lowest BCUT2D eigenvalue weighted by atomic mass is 9.94. The highest BCUT2D eigenvalue weighted by molar-refractivity contribution is 7.80. The highest BCUT2D eigenvalue weighted by atomic mass is 32.1. The van der Waals surface area contributed by atoms with E-state index < -0.39 is 5.91 Å². The van der Waals surface area contributed by atoms with Crippen LogP contribution in [0.4, 0.5) is 0 Å². The van der Waals surface area contributed by atoms with E-state index in [9.17, 15) is 9.59 Å². The molecule has 0 spiro atoms. The van der Waals surface area contributed by atoms with E-state index in [1.54, 1.807) is 24.3 Å². The Hall–Kier alpha value is -3.33. The van der Waals surface area contributed by atoms with Crippen molar-refractivity contribution in [1.29, 1.82) is 0 Å². The van der Waals surface area contributed by atoms with Gasteiger partial charge < -0.3 is 24.8 Å². The maximum Gasteiger partial charge on any atom is 0.257 e. The molecule has 2 aromatic carbocycles. The Balaban J connectivity index is 1.77. The highest BCUT2D eigenvalue weighted by Gasteiger charge is 2.25. The van der Waals surface area contributed by atoms with Gasteiger partial charge in [-0.2, -0.15) is 0 Å². The zero-order chi connectivity index (χ0) is 26.1. The number of methoxy groups -OCH3 is 1. The van der Waals surface area contributed by atoms with E-state index in [0.717, 1.165) is 31.2 Å². The van der Waals surface area contributed by atoms with Crippen molar-refractivity contribution in [2.24, 2.45) is 5.73 Å². The molecule has 1 aliphatic rings. The van der Waals surface area contributed by atoms with Crippen molar-refractivity contribution in [3.63, 3.8) is 0 Å². The summed E-state index contributed by atoms with van der Waals surface area (Å²) < 4.78 is 16.6. The largest absolute Gasteiger partial charge is 0.493 e. The van der Waals surface area contributed by atoms with Gasteiger partial charge >= 0.3 is 0 Å². The summed E-state index contributed by atoms with van der Waals surface area (Å²) in [4.78, 5) is 26.2. The van der Waals surface area contributed by atoms with Crippen molar-refractivity contribution in [2.45, 2.75) is 64.6 Å². The van der Waals surface area contributed by atoms with Gasteiger partial charge in [-0.1, -0.05) is 31.4 Å². The first-order valence-corrected chi connectivity index (χ1v) is 12.6. The number of nitrogens with one attached hydrogen (secondary N) is 1. The van der Waals surface area contributed by atoms with Gasteiger partial charge in [0.1, 0.15) is 5.75 Å². The molecule has 0 aromatic heterocycles. The Morgan fingerprint density at radius 2 is 1.86 bits per heavy atom. The number of benzene rings is 2. The predicted octanol–water partition coefficient (Wildman–Crippen LogP) is 4.20. The van der Waals surface area contributed by atoms with Gasteiger partial charge in [-0.15, -0.1) is 0 Å². The lowest BCUT2D eigenvalue weighted by molar-refractivity contribution is -0.119. The van der Waals surface area contributed by atoms with Gasteiger partial charge in [0.05, 0.1) is 13.2 Å². The van der Waals surface area contributed by atoms with Crippen LogP contribution in [0.2, 0.25) is 0 Å². The maximum absolute atomic E-state index is 13.0. The van der Waals surface area contributed by atoms with Crippen LogP contribution in [-0.2, 0) is 11.3 Å². The number of nitrogens with zero attached hydrogens (tertiary/aromatic N) is 1. The number of nitrogens with two attached hydrogens (primary N) is 1. The average Bonchev–Trinajstić information content (AvgIpc) is 2.86. The number of hydrogen-bond acceptors (Lipinski definition) is 6. The molecular formula is C27H35N3O5S. The van der Waals surface area contributed by atoms with Crippen molar-refractivity contribution < 1.29 is 23.8 Å². The fraction of sp³-hybridized carbons (Fsp3) is 0.444. The standard InChI is InChI=1S/C27H35N3O5S/c1-18(2)35-22-11-7-8-20(15-22)26(32)29-27(36)30(21-9-5-4-6-10-21)16-19-12-13-23(24(14-19)33-3)34-17-25(28)31/h7-8,11-15,18,21H,4-6,9-10,16-17H2,1-3H3,(H2,28,31)(H,29,32,36). The fourth-order valence-corrected chi connectivity index (χ4v) is 4.56. The Bertz CT molecular complexity index is 1070. The number of rotatable bonds is 10. The molecule has 1 aliphatic carbocycles. The zero-order valence-corrected chi connectivity index (χ0v) is 21.9. The van der Waals surface area contributed by atoms with Crippen molar-refractivity contribution in [1.82, 2.24) is 10.2 Å². The summed E-state index contributed by atoms with van der Waals surface area (Å²) in [6.45, 7) is 4.14. The summed E-state index contributed by atoms with van der Waals surface area (Å²) in [5, 5.41) is 3.31. The summed E-state index contributed by atoms with van der Waals surface area (Å²) in [7, 11) is 1.54. The number of carbonyl (C=O) groups excluding carboxylic acids is 2. The minimum absolute atomic E-state index is 0.00996. The first-order valence-electron chi connectivity index (χ1n) is 12.2. The summed E-state index contributed by atoms with van der Waals surface area (Å²) in [6.07, 6.45) is 5.46. The predicted molar refractivity (Wildman–Crippen MR) is 142 cm³/mol. The third-order valence-corrected chi connectivity index (χ3v) is 6.25. The first kappa shape index (κ1) is 27.3. The summed E-state index contributed by atoms with van der Waals surface area (Å²) in [6, 6.07) is 12.8. The molecule has 3 N–H and O–H groups in total. The average molecular weight is 514 g/mol. The zero-order valence-electron chi connectivity index (χ0n) is 21.1. The topological polar surface area (TPSA) is 103 Å². The second-order valence-electron chi connectivity index (χ2n) is 9.11. The molecule has 1 fully saturated rings. The van der Waals surface area contributed by atoms with Gasteiger partial charge in [-0.3, -0.25) is 14.9 Å². The molecule has 1 saturated carbocycles. The third kappa shape index (κ3) is 7.84. The van der Waals surface area contributed by atoms with Gasteiger partial charge in [0.2, 0.25) is 0 Å². The molecule has 0 unspecified atom stereocenters. The van der Waals surface area contributed by atoms with Crippen molar-refractivity contribution in [2.75, 3.05) is 13.7 Å². The van der Waals surface area contributed by atoms with Crippen LogP contribution in [0.1, 0.15) is 61.9 Å². The van der Waals surface area contributed by atoms with E-state index in [2.05, 4.69) is 10.2 Å². The van der Waals surface area contributed by atoms with Gasteiger partial charge in [-0.25, -0.2) is 0 Å². The SMILES string of the molecule is COc1cc(CN(C(=S)NC(=O)c2cccc(OC(C)C)c2)C2CCCCC2)ccc1OCC(N)=O. The van der Waals surface area contributed by atoms with Crippen LogP contribution in [0.3, 0.4) is 0 Å². The molecule has 0 saturated heterocycles. The molecule has 0 aliphatic heterocycles. The molecule has 3 rings (SSSR count). The lowest BCUT2D eigenvalue weighted by Gasteiger charge is -2.36. The normalized spacial score (nSPS) is 13.7. The van der Waals surface area contributed by atoms with E-state index in [0.29, 0.717) is 34.5 Å². The maximum atomic E-state index is 13.0. The minimum Gasteiger partial charge on any atom is -0.493 e. The smallest absolute Gasteiger partial charge is 0.257 e. The molecule has 2 aromatic rings. The summed E-state index contributed by atoms with van der Waals surface area (Å²) in [5.41, 5.74) is 6.61. The third-order valence-electron chi connectivity index (χ3n) is 5.92. The van der Waals surface area contributed by atoms with Gasteiger partial charge in [0.25, 0.3) is 11.8 Å². The molecule has 194 valence electrons. The number of amides is 2. The van der Waals surface area contributed by atoms with Gasteiger partial charge in [0.15, 0.2) is 23.2 Å². The van der Waals surface area contributed by atoms with E-state index >= 15 is 0 Å². The molecule has 9 heteroatoms. The molecular weight excluding hydrogens is 478 g/mol. The Labute approximate surface area is 218 Å². The molecule has 0 bridgehead atoms. The first-order chi connectivity index (χ1) is 17.3. The van der Waals surface area contributed by atoms with E-state index in [4.69, 9.17) is 32.2 Å². The molecule has 36 heavy (non-hydrogen) atoms. The molecule has 0 radical (unpaired) electrons. The number of primary amides is 1. The fourth-order valence-electron chi connectivity index (χ4n) is 4.26.